The molecule has 2 aromatic rings. The highest BCUT2D eigenvalue weighted by molar-refractivity contribution is 6.31. The second-order valence-electron chi connectivity index (χ2n) is 9.39. The Hall–Kier alpha value is -2.50. The van der Waals surface area contributed by atoms with Crippen LogP contribution in [0.25, 0.3) is 11.1 Å². The van der Waals surface area contributed by atoms with Crippen LogP contribution >= 0.6 is 11.6 Å². The fraction of sp³-hybridized carbons (Fsp3) is 0.423. The van der Waals surface area contributed by atoms with Gasteiger partial charge in [0.15, 0.2) is 0 Å². The summed E-state index contributed by atoms with van der Waals surface area (Å²) in [6.45, 7) is 0. The first-order valence-electron chi connectivity index (χ1n) is 11.1. The van der Waals surface area contributed by atoms with E-state index in [0.29, 0.717) is 16.6 Å². The van der Waals surface area contributed by atoms with Crippen molar-refractivity contribution in [2.75, 3.05) is 21.3 Å². The van der Waals surface area contributed by atoms with Crippen LogP contribution < -0.4 is 10.5 Å². The molecule has 1 heterocycles. The van der Waals surface area contributed by atoms with Crippen molar-refractivity contribution >= 4 is 17.5 Å². The van der Waals surface area contributed by atoms with E-state index in [-0.39, 0.29) is 17.4 Å². The Balaban J connectivity index is 1.67. The molecule has 32 heavy (non-hydrogen) atoms. The van der Waals surface area contributed by atoms with E-state index in [1.807, 2.05) is 18.2 Å². The van der Waals surface area contributed by atoms with E-state index in [1.165, 1.54) is 5.56 Å². The van der Waals surface area contributed by atoms with Crippen LogP contribution in [0.4, 0.5) is 0 Å². The SMILES string of the molecule is COc1cc(Cl)cc(-c2ccc3c(c2)C2(C=C(N)N(C)C2=O)C2(CCC(OC)CC2)C3)c1. The Morgan fingerprint density at radius 3 is 2.47 bits per heavy atom. The summed E-state index contributed by atoms with van der Waals surface area (Å²) in [6.07, 6.45) is 6.93. The number of ether oxygens (including phenoxy) is 2. The molecule has 1 aliphatic heterocycles. The van der Waals surface area contributed by atoms with E-state index >= 15 is 0 Å². The van der Waals surface area contributed by atoms with Crippen molar-refractivity contribution in [2.24, 2.45) is 11.1 Å². The molecule has 2 spiro atoms. The number of rotatable bonds is 3. The van der Waals surface area contributed by atoms with Gasteiger partial charge in [0.05, 0.1) is 13.2 Å². The normalized spacial score (nSPS) is 29.0. The minimum Gasteiger partial charge on any atom is -0.497 e. The number of halogens is 1. The van der Waals surface area contributed by atoms with E-state index < -0.39 is 5.41 Å². The molecule has 0 radical (unpaired) electrons. The summed E-state index contributed by atoms with van der Waals surface area (Å²) < 4.78 is 11.1. The molecule has 3 aliphatic rings. The van der Waals surface area contributed by atoms with Crippen LogP contribution in [0.15, 0.2) is 48.3 Å². The van der Waals surface area contributed by atoms with Crippen LogP contribution in [0.1, 0.15) is 36.8 Å². The number of likely N-dealkylation sites (N-methyl/N-ethyl adjacent to an activating group) is 1. The molecule has 2 aromatic carbocycles. The van der Waals surface area contributed by atoms with Gasteiger partial charge in [-0.2, -0.15) is 0 Å². The number of carbonyl (C=O) groups is 1. The van der Waals surface area contributed by atoms with Crippen molar-refractivity contribution in [1.29, 1.82) is 0 Å². The number of hydrogen-bond acceptors (Lipinski definition) is 4. The van der Waals surface area contributed by atoms with Gasteiger partial charge in [0, 0.05) is 19.2 Å². The average molecular weight is 453 g/mol. The van der Waals surface area contributed by atoms with Crippen LogP contribution in [0, 0.1) is 5.41 Å². The van der Waals surface area contributed by atoms with Crippen molar-refractivity contribution in [3.8, 4) is 16.9 Å². The molecule has 1 saturated carbocycles. The van der Waals surface area contributed by atoms with Crippen LogP contribution in [0.5, 0.6) is 5.75 Å². The highest BCUT2D eigenvalue weighted by atomic mass is 35.5. The lowest BCUT2D eigenvalue weighted by Crippen LogP contribution is -2.51. The van der Waals surface area contributed by atoms with E-state index in [0.717, 1.165) is 48.8 Å². The number of carbonyl (C=O) groups excluding carboxylic acids is 1. The first-order chi connectivity index (χ1) is 15.3. The van der Waals surface area contributed by atoms with E-state index in [1.54, 1.807) is 32.2 Å². The van der Waals surface area contributed by atoms with Gasteiger partial charge in [-0.05, 0) is 90.1 Å². The maximum atomic E-state index is 13.9. The molecule has 1 amide bonds. The van der Waals surface area contributed by atoms with Crippen molar-refractivity contribution in [2.45, 2.75) is 43.6 Å². The zero-order valence-corrected chi connectivity index (χ0v) is 19.5. The van der Waals surface area contributed by atoms with Crippen molar-refractivity contribution in [3.63, 3.8) is 0 Å². The Labute approximate surface area is 194 Å². The van der Waals surface area contributed by atoms with Gasteiger partial charge in [-0.1, -0.05) is 23.7 Å². The molecular formula is C26H29ClN2O3. The molecule has 0 bridgehead atoms. The van der Waals surface area contributed by atoms with Crippen LogP contribution in [0.2, 0.25) is 5.02 Å². The summed E-state index contributed by atoms with van der Waals surface area (Å²) in [6, 6.07) is 12.2. The predicted molar refractivity (Wildman–Crippen MR) is 126 cm³/mol. The van der Waals surface area contributed by atoms with Gasteiger partial charge >= 0.3 is 0 Å². The number of nitrogens with zero attached hydrogens (tertiary/aromatic N) is 1. The first kappa shape index (κ1) is 21.4. The number of nitrogens with two attached hydrogens (primary N) is 1. The molecule has 5 nitrogen and oxygen atoms in total. The van der Waals surface area contributed by atoms with Gasteiger partial charge in [-0.3, -0.25) is 4.79 Å². The molecule has 0 aromatic heterocycles. The fourth-order valence-corrected chi connectivity index (χ4v) is 6.43. The molecule has 6 heteroatoms. The van der Waals surface area contributed by atoms with E-state index in [9.17, 15) is 4.79 Å². The van der Waals surface area contributed by atoms with E-state index in [2.05, 4.69) is 18.2 Å². The molecule has 1 unspecified atom stereocenters. The Morgan fingerprint density at radius 1 is 1.09 bits per heavy atom. The Morgan fingerprint density at radius 2 is 1.84 bits per heavy atom. The number of fused-ring (bicyclic) bond motifs is 3. The predicted octanol–water partition coefficient (Wildman–Crippen LogP) is 4.66. The molecule has 2 N–H and O–H groups in total. The van der Waals surface area contributed by atoms with Crippen molar-refractivity contribution < 1.29 is 14.3 Å². The average Bonchev–Trinajstić information content (AvgIpc) is 3.20. The summed E-state index contributed by atoms with van der Waals surface area (Å²) >= 11 is 6.34. The zero-order valence-electron chi connectivity index (χ0n) is 18.8. The maximum absolute atomic E-state index is 13.9. The minimum absolute atomic E-state index is 0.0745. The summed E-state index contributed by atoms with van der Waals surface area (Å²) in [4.78, 5) is 15.5. The minimum atomic E-state index is -0.738. The highest BCUT2D eigenvalue weighted by Crippen LogP contribution is 2.62. The standard InChI is InChI=1S/C26H29ClN2O3/c1-29-23(28)15-26(24(29)30)22-12-16(18-10-19(27)13-21(11-18)32-3)4-5-17(22)14-25(26)8-6-20(31-2)7-9-25/h4-5,10-13,15,20H,6-9,14,28H2,1-3H3. The maximum Gasteiger partial charge on any atom is 0.243 e. The second kappa shape index (κ2) is 7.53. The van der Waals surface area contributed by atoms with Gasteiger partial charge in [-0.25, -0.2) is 0 Å². The summed E-state index contributed by atoms with van der Waals surface area (Å²) in [5.74, 6) is 1.31. The molecule has 0 saturated heterocycles. The molecule has 5 rings (SSSR count). The smallest absolute Gasteiger partial charge is 0.243 e. The van der Waals surface area contributed by atoms with E-state index in [4.69, 9.17) is 26.8 Å². The van der Waals surface area contributed by atoms with Gasteiger partial charge in [0.1, 0.15) is 17.0 Å². The topological polar surface area (TPSA) is 64.8 Å². The Kier molecular flexibility index (Phi) is 5.02. The molecule has 1 fully saturated rings. The number of hydrogen-bond donors (Lipinski definition) is 1. The third-order valence-corrected chi connectivity index (χ3v) is 8.18. The molecular weight excluding hydrogens is 424 g/mol. The largest absolute Gasteiger partial charge is 0.497 e. The van der Waals surface area contributed by atoms with Crippen LogP contribution in [-0.2, 0) is 21.4 Å². The third-order valence-electron chi connectivity index (χ3n) is 7.96. The highest BCUT2D eigenvalue weighted by Gasteiger charge is 2.64. The number of benzene rings is 2. The quantitative estimate of drug-likeness (QED) is 0.735. The summed E-state index contributed by atoms with van der Waals surface area (Å²) in [5.41, 5.74) is 9.70. The number of methoxy groups -OCH3 is 2. The summed E-state index contributed by atoms with van der Waals surface area (Å²) in [7, 11) is 5.19. The monoisotopic (exact) mass is 452 g/mol. The fourth-order valence-electron chi connectivity index (χ4n) is 6.20. The van der Waals surface area contributed by atoms with Crippen molar-refractivity contribution in [3.05, 3.63) is 64.4 Å². The summed E-state index contributed by atoms with van der Waals surface area (Å²) in [5, 5.41) is 0.615. The molecule has 168 valence electrons. The molecule has 1 atom stereocenters. The lowest BCUT2D eigenvalue weighted by Gasteiger charge is -2.46. The lowest BCUT2D eigenvalue weighted by molar-refractivity contribution is -0.136. The van der Waals surface area contributed by atoms with Gasteiger partial charge in [0.2, 0.25) is 5.91 Å². The van der Waals surface area contributed by atoms with Crippen LogP contribution in [0.3, 0.4) is 0 Å². The number of amides is 1. The first-order valence-corrected chi connectivity index (χ1v) is 11.5. The van der Waals surface area contributed by atoms with Crippen LogP contribution in [-0.4, -0.2) is 38.2 Å². The third kappa shape index (κ3) is 2.91. The lowest BCUT2D eigenvalue weighted by atomic mass is 9.57. The van der Waals surface area contributed by atoms with Gasteiger partial charge < -0.3 is 20.1 Å². The van der Waals surface area contributed by atoms with Gasteiger partial charge in [0.25, 0.3) is 0 Å². The zero-order chi connectivity index (χ0) is 22.7. The van der Waals surface area contributed by atoms with Crippen molar-refractivity contribution in [1.82, 2.24) is 4.90 Å². The Bertz CT molecular complexity index is 1120. The van der Waals surface area contributed by atoms with Gasteiger partial charge in [-0.15, -0.1) is 0 Å². The molecule has 2 aliphatic carbocycles. The second-order valence-corrected chi connectivity index (χ2v) is 9.82.